The second kappa shape index (κ2) is 6.88. The lowest BCUT2D eigenvalue weighted by Gasteiger charge is -2.61. The summed E-state index contributed by atoms with van der Waals surface area (Å²) >= 11 is 3.36. The van der Waals surface area contributed by atoms with E-state index in [9.17, 15) is 9.90 Å². The molecule has 150 valence electrons. The van der Waals surface area contributed by atoms with Gasteiger partial charge in [0.15, 0.2) is 0 Å². The molecule has 4 aliphatic carbocycles. The Balaban J connectivity index is 1.57. The molecule has 0 aromatic carbocycles. The van der Waals surface area contributed by atoms with Crippen LogP contribution in [0.1, 0.15) is 78.6 Å². The van der Waals surface area contributed by atoms with Gasteiger partial charge >= 0.3 is 0 Å². The van der Waals surface area contributed by atoms with Gasteiger partial charge in [0.05, 0.1) is 5.33 Å². The topological polar surface area (TPSA) is 37.3 Å². The Morgan fingerprint density at radius 3 is 2.48 bits per heavy atom. The summed E-state index contributed by atoms with van der Waals surface area (Å²) in [5, 5.41) is 11.6. The van der Waals surface area contributed by atoms with Crippen molar-refractivity contribution in [3.05, 3.63) is 0 Å². The van der Waals surface area contributed by atoms with Crippen LogP contribution in [0.4, 0.5) is 0 Å². The maximum absolute atomic E-state index is 12.3. The molecule has 0 bridgehead atoms. The average Bonchev–Trinajstić information content (AvgIpc) is 2.98. The van der Waals surface area contributed by atoms with E-state index in [1.165, 1.54) is 32.1 Å². The molecule has 0 aromatic heterocycles. The maximum atomic E-state index is 12.3. The van der Waals surface area contributed by atoms with E-state index in [4.69, 9.17) is 0 Å². The van der Waals surface area contributed by atoms with Crippen LogP contribution in [-0.2, 0) is 4.79 Å². The van der Waals surface area contributed by atoms with Crippen molar-refractivity contribution in [3.63, 3.8) is 0 Å². The molecule has 0 heterocycles. The second-order valence-electron chi connectivity index (χ2n) is 10.6. The predicted octanol–water partition coefficient (Wildman–Crippen LogP) is 5.36. The van der Waals surface area contributed by atoms with E-state index in [1.807, 2.05) is 6.92 Å². The van der Waals surface area contributed by atoms with Crippen LogP contribution in [0.5, 0.6) is 0 Å². The smallest absolute Gasteiger partial charge is 0.133 e. The van der Waals surface area contributed by atoms with Crippen molar-refractivity contribution in [3.8, 4) is 11.8 Å². The lowest BCUT2D eigenvalue weighted by Crippen LogP contribution is -2.56. The lowest BCUT2D eigenvalue weighted by molar-refractivity contribution is -0.144. The average molecular weight is 435 g/mol. The van der Waals surface area contributed by atoms with Crippen LogP contribution in [0.2, 0.25) is 0 Å². The van der Waals surface area contributed by atoms with Crippen molar-refractivity contribution >= 4 is 21.7 Å². The van der Waals surface area contributed by atoms with Crippen molar-refractivity contribution in [2.24, 2.45) is 40.4 Å². The van der Waals surface area contributed by atoms with Gasteiger partial charge in [0, 0.05) is 5.92 Å². The summed E-state index contributed by atoms with van der Waals surface area (Å²) in [5.41, 5.74) is -0.186. The number of halogens is 1. The normalized spacial score (nSPS) is 51.4. The van der Waals surface area contributed by atoms with Crippen LogP contribution in [0, 0.1) is 52.3 Å². The summed E-state index contributed by atoms with van der Waals surface area (Å²) in [6.07, 6.45) is 10.2. The molecule has 2 nitrogen and oxygen atoms in total. The first-order valence-corrected chi connectivity index (χ1v) is 12.1. The number of carbonyl (C=O) groups is 1. The molecule has 0 saturated heterocycles. The van der Waals surface area contributed by atoms with Crippen molar-refractivity contribution in [2.75, 3.05) is 5.33 Å². The van der Waals surface area contributed by atoms with Crippen LogP contribution < -0.4 is 0 Å². The van der Waals surface area contributed by atoms with Gasteiger partial charge in [-0.05, 0) is 99.2 Å². The highest BCUT2D eigenvalue weighted by atomic mass is 79.9. The molecular weight excluding hydrogens is 400 g/mol. The van der Waals surface area contributed by atoms with Crippen LogP contribution in [0.25, 0.3) is 0 Å². The van der Waals surface area contributed by atoms with Gasteiger partial charge in [0.1, 0.15) is 11.4 Å². The van der Waals surface area contributed by atoms with Crippen LogP contribution >= 0.6 is 15.9 Å². The standard InChI is InChI=1S/C24H35BrO2/c1-16(26)19-7-8-20-18-6-5-17-15-24(27,10-4-14-25)13-12-22(17,2)21(18)9-11-23(19,20)3/h17-21,27H,5-9,11-15H2,1-3H3/t17?,18-,19+,20-,21-,22-,23+,24+/m0/s1. The number of Topliss-reactive ketones (excluding diaryl/α,β-unsaturated/α-hetero) is 1. The first-order chi connectivity index (χ1) is 12.7. The van der Waals surface area contributed by atoms with E-state index < -0.39 is 5.60 Å². The number of hydrogen-bond acceptors (Lipinski definition) is 2. The maximum Gasteiger partial charge on any atom is 0.133 e. The third-order valence-electron chi connectivity index (χ3n) is 9.61. The lowest BCUT2D eigenvalue weighted by atomic mass is 9.44. The number of rotatable bonds is 1. The summed E-state index contributed by atoms with van der Waals surface area (Å²) < 4.78 is 0. The fraction of sp³-hybridized carbons (Fsp3) is 0.875. The SMILES string of the molecule is CC(=O)[C@H]1CC[C@H]2[C@@H]3CCC4C[C@@](O)(C#CCBr)CC[C@]4(C)[C@H]3CC[C@]12C. The van der Waals surface area contributed by atoms with E-state index in [1.54, 1.807) is 0 Å². The van der Waals surface area contributed by atoms with Crippen molar-refractivity contribution < 1.29 is 9.90 Å². The fourth-order valence-electron chi connectivity index (χ4n) is 8.22. The first-order valence-electron chi connectivity index (χ1n) is 11.0. The molecule has 3 heteroatoms. The molecule has 0 aliphatic heterocycles. The van der Waals surface area contributed by atoms with E-state index in [2.05, 4.69) is 41.6 Å². The zero-order valence-electron chi connectivity index (χ0n) is 17.2. The second-order valence-corrected chi connectivity index (χ2v) is 11.2. The third-order valence-corrected chi connectivity index (χ3v) is 9.89. The van der Waals surface area contributed by atoms with Crippen molar-refractivity contribution in [1.29, 1.82) is 0 Å². The van der Waals surface area contributed by atoms with Gasteiger partial charge in [-0.25, -0.2) is 0 Å². The number of fused-ring (bicyclic) bond motifs is 5. The monoisotopic (exact) mass is 434 g/mol. The largest absolute Gasteiger partial charge is 0.378 e. The van der Waals surface area contributed by atoms with E-state index in [0.29, 0.717) is 28.4 Å². The number of carbonyl (C=O) groups excluding carboxylic acids is 1. The van der Waals surface area contributed by atoms with Crippen LogP contribution in [0.15, 0.2) is 0 Å². The summed E-state index contributed by atoms with van der Waals surface area (Å²) in [7, 11) is 0. The van der Waals surface area contributed by atoms with Gasteiger partial charge in [0.2, 0.25) is 0 Å². The fourth-order valence-corrected chi connectivity index (χ4v) is 8.36. The highest BCUT2D eigenvalue weighted by molar-refractivity contribution is 9.09. The summed E-state index contributed by atoms with van der Waals surface area (Å²) in [6.45, 7) is 6.77. The molecule has 0 spiro atoms. The van der Waals surface area contributed by atoms with E-state index in [-0.39, 0.29) is 5.41 Å². The van der Waals surface area contributed by atoms with E-state index >= 15 is 0 Å². The van der Waals surface area contributed by atoms with Gasteiger partial charge in [0.25, 0.3) is 0 Å². The minimum absolute atomic E-state index is 0.243. The molecule has 4 saturated carbocycles. The molecule has 0 radical (unpaired) electrons. The first kappa shape index (κ1) is 20.0. The summed E-state index contributed by atoms with van der Waals surface area (Å²) in [5.74, 6) is 9.81. The molecule has 0 amide bonds. The number of ketones is 1. The Morgan fingerprint density at radius 1 is 1.04 bits per heavy atom. The molecule has 1 unspecified atom stereocenters. The zero-order chi connectivity index (χ0) is 19.4. The van der Waals surface area contributed by atoms with Gasteiger partial charge < -0.3 is 5.11 Å². The zero-order valence-corrected chi connectivity index (χ0v) is 18.8. The Morgan fingerprint density at radius 2 is 1.78 bits per heavy atom. The molecule has 4 rings (SSSR count). The highest BCUT2D eigenvalue weighted by Crippen LogP contribution is 2.68. The highest BCUT2D eigenvalue weighted by Gasteiger charge is 2.61. The van der Waals surface area contributed by atoms with Gasteiger partial charge in [-0.3, -0.25) is 4.79 Å². The molecule has 27 heavy (non-hydrogen) atoms. The van der Waals surface area contributed by atoms with Crippen LogP contribution in [0.3, 0.4) is 0 Å². The van der Waals surface area contributed by atoms with Gasteiger partial charge in [-0.2, -0.15) is 0 Å². The van der Waals surface area contributed by atoms with Crippen LogP contribution in [-0.4, -0.2) is 21.8 Å². The van der Waals surface area contributed by atoms with Gasteiger partial charge in [-0.1, -0.05) is 41.6 Å². The minimum atomic E-state index is -0.777. The molecule has 4 aliphatic rings. The van der Waals surface area contributed by atoms with Crippen molar-refractivity contribution in [2.45, 2.75) is 84.2 Å². The molecule has 0 aromatic rings. The molecular formula is C24H35BrO2. The predicted molar refractivity (Wildman–Crippen MR) is 112 cm³/mol. The third kappa shape index (κ3) is 3.05. The molecule has 8 atom stereocenters. The summed E-state index contributed by atoms with van der Waals surface area (Å²) in [6, 6.07) is 0. The quantitative estimate of drug-likeness (QED) is 0.445. The Kier molecular flexibility index (Phi) is 5.08. The molecule has 4 fully saturated rings. The van der Waals surface area contributed by atoms with E-state index in [0.717, 1.165) is 43.4 Å². The molecule has 1 N–H and O–H groups in total. The summed E-state index contributed by atoms with van der Waals surface area (Å²) in [4.78, 5) is 12.3. The van der Waals surface area contributed by atoms with Crippen molar-refractivity contribution in [1.82, 2.24) is 0 Å². The Hall–Kier alpha value is -0.330. The number of hydrogen-bond donors (Lipinski definition) is 1. The Labute approximate surface area is 173 Å². The Bertz CT molecular complexity index is 678. The number of aliphatic hydroxyl groups is 1. The minimum Gasteiger partial charge on any atom is -0.378 e. The number of alkyl halides is 1. The van der Waals surface area contributed by atoms with Gasteiger partial charge in [-0.15, -0.1) is 0 Å².